The van der Waals surface area contributed by atoms with Gasteiger partial charge >= 0.3 is 0 Å². The summed E-state index contributed by atoms with van der Waals surface area (Å²) >= 11 is 3.08. The maximum Gasteiger partial charge on any atom is 0.265 e. The highest BCUT2D eigenvalue weighted by atomic mass is 79.9. The Balaban J connectivity index is 2.47. The minimum Gasteiger partial charge on any atom is -0.504 e. The molecular formula is C12H11BrN2O3. The second kappa shape index (κ2) is 5.22. The van der Waals surface area contributed by atoms with Gasteiger partial charge in [0.2, 0.25) is 0 Å². The van der Waals surface area contributed by atoms with E-state index in [0.29, 0.717) is 28.2 Å². The van der Waals surface area contributed by atoms with Crippen molar-refractivity contribution in [2.45, 2.75) is 6.92 Å². The number of H-pyrrole nitrogens is 1. The molecule has 0 aliphatic carbocycles. The van der Waals surface area contributed by atoms with Crippen LogP contribution in [0.2, 0.25) is 0 Å². The standard InChI is InChI=1S/C12H11BrN2O3/c1-2-18-10-5-7(3-4-9(10)16)11-14-6-8(13)12(17)15-11/h3-6,16H,2H2,1H3,(H,14,15,17). The lowest BCUT2D eigenvalue weighted by Crippen LogP contribution is -2.08. The van der Waals surface area contributed by atoms with Gasteiger partial charge in [-0.25, -0.2) is 4.98 Å². The molecule has 0 unspecified atom stereocenters. The molecule has 94 valence electrons. The molecule has 1 heterocycles. The monoisotopic (exact) mass is 310 g/mol. The molecule has 1 aromatic heterocycles. The van der Waals surface area contributed by atoms with Crippen LogP contribution in [0.1, 0.15) is 6.92 Å². The van der Waals surface area contributed by atoms with Crippen LogP contribution in [-0.2, 0) is 0 Å². The number of benzene rings is 1. The Hall–Kier alpha value is -1.82. The first-order chi connectivity index (χ1) is 8.61. The summed E-state index contributed by atoms with van der Waals surface area (Å²) in [5, 5.41) is 9.59. The van der Waals surface area contributed by atoms with Crippen molar-refractivity contribution >= 4 is 15.9 Å². The molecule has 2 rings (SSSR count). The Kier molecular flexibility index (Phi) is 3.66. The lowest BCUT2D eigenvalue weighted by atomic mass is 10.2. The summed E-state index contributed by atoms with van der Waals surface area (Å²) in [4.78, 5) is 18.2. The molecule has 0 bridgehead atoms. The van der Waals surface area contributed by atoms with Gasteiger partial charge in [-0.3, -0.25) is 4.79 Å². The molecule has 0 saturated heterocycles. The highest BCUT2D eigenvalue weighted by Gasteiger charge is 2.07. The van der Waals surface area contributed by atoms with Gasteiger partial charge in [0, 0.05) is 11.8 Å². The molecule has 0 spiro atoms. The summed E-state index contributed by atoms with van der Waals surface area (Å²) < 4.78 is 5.64. The lowest BCUT2D eigenvalue weighted by Gasteiger charge is -2.07. The number of aromatic amines is 1. The lowest BCUT2D eigenvalue weighted by molar-refractivity contribution is 0.318. The number of halogens is 1. The van der Waals surface area contributed by atoms with E-state index in [4.69, 9.17) is 4.74 Å². The van der Waals surface area contributed by atoms with Crippen LogP contribution in [0.4, 0.5) is 0 Å². The van der Waals surface area contributed by atoms with E-state index in [0.717, 1.165) is 0 Å². The third kappa shape index (κ3) is 2.53. The minimum absolute atomic E-state index is 0.0556. The Morgan fingerprint density at radius 1 is 1.50 bits per heavy atom. The van der Waals surface area contributed by atoms with Crippen LogP contribution >= 0.6 is 15.9 Å². The molecule has 5 nitrogen and oxygen atoms in total. The van der Waals surface area contributed by atoms with Crippen LogP contribution in [0.3, 0.4) is 0 Å². The number of hydrogen-bond acceptors (Lipinski definition) is 4. The second-order valence-electron chi connectivity index (χ2n) is 3.52. The number of aromatic hydroxyl groups is 1. The average molecular weight is 311 g/mol. The van der Waals surface area contributed by atoms with Crippen molar-refractivity contribution < 1.29 is 9.84 Å². The maximum atomic E-state index is 11.5. The van der Waals surface area contributed by atoms with Crippen molar-refractivity contribution in [1.82, 2.24) is 9.97 Å². The van der Waals surface area contributed by atoms with Crippen molar-refractivity contribution in [3.63, 3.8) is 0 Å². The number of aromatic nitrogens is 2. The van der Waals surface area contributed by atoms with Gasteiger partial charge in [0.1, 0.15) is 10.3 Å². The largest absolute Gasteiger partial charge is 0.504 e. The number of nitrogens with one attached hydrogen (secondary N) is 1. The number of rotatable bonds is 3. The van der Waals surface area contributed by atoms with Crippen LogP contribution in [-0.4, -0.2) is 21.7 Å². The van der Waals surface area contributed by atoms with E-state index in [1.165, 1.54) is 12.3 Å². The van der Waals surface area contributed by atoms with Crippen molar-refractivity contribution in [2.75, 3.05) is 6.61 Å². The van der Waals surface area contributed by atoms with Gasteiger partial charge in [-0.05, 0) is 41.1 Å². The number of hydrogen-bond donors (Lipinski definition) is 2. The Bertz CT molecular complexity index is 625. The molecule has 0 saturated carbocycles. The Labute approximate surface area is 112 Å². The summed E-state index contributed by atoms with van der Waals surface area (Å²) in [5.74, 6) is 0.838. The van der Waals surface area contributed by atoms with Crippen LogP contribution in [0.15, 0.2) is 33.7 Å². The van der Waals surface area contributed by atoms with Crippen LogP contribution in [0.25, 0.3) is 11.4 Å². The van der Waals surface area contributed by atoms with Crippen LogP contribution < -0.4 is 10.3 Å². The molecule has 6 heteroatoms. The molecule has 2 aromatic rings. The minimum atomic E-state index is -0.258. The maximum absolute atomic E-state index is 11.5. The van der Waals surface area contributed by atoms with E-state index in [1.807, 2.05) is 6.92 Å². The first-order valence-corrected chi connectivity index (χ1v) is 6.12. The molecule has 0 fully saturated rings. The van der Waals surface area contributed by atoms with Crippen molar-refractivity contribution in [1.29, 1.82) is 0 Å². The Morgan fingerprint density at radius 3 is 2.94 bits per heavy atom. The zero-order valence-electron chi connectivity index (χ0n) is 9.61. The average Bonchev–Trinajstić information content (AvgIpc) is 2.36. The zero-order chi connectivity index (χ0) is 13.1. The highest BCUT2D eigenvalue weighted by Crippen LogP contribution is 2.30. The van der Waals surface area contributed by atoms with Gasteiger partial charge in [-0.2, -0.15) is 0 Å². The third-order valence-corrected chi connectivity index (χ3v) is 2.85. The number of phenols is 1. The van der Waals surface area contributed by atoms with Crippen molar-refractivity contribution in [3.8, 4) is 22.9 Å². The van der Waals surface area contributed by atoms with E-state index < -0.39 is 0 Å². The van der Waals surface area contributed by atoms with Gasteiger partial charge in [0.05, 0.1) is 6.61 Å². The SMILES string of the molecule is CCOc1cc(-c2ncc(Br)c(=O)[nH]2)ccc1O. The number of ether oxygens (including phenoxy) is 1. The van der Waals surface area contributed by atoms with Gasteiger partial charge in [-0.1, -0.05) is 0 Å². The fourth-order valence-corrected chi connectivity index (χ4v) is 1.66. The molecule has 0 aliphatic heterocycles. The van der Waals surface area contributed by atoms with Crippen LogP contribution in [0.5, 0.6) is 11.5 Å². The predicted molar refractivity (Wildman–Crippen MR) is 70.8 cm³/mol. The van der Waals surface area contributed by atoms with Gasteiger partial charge in [0.25, 0.3) is 5.56 Å². The van der Waals surface area contributed by atoms with Crippen LogP contribution in [0, 0.1) is 0 Å². The smallest absolute Gasteiger partial charge is 0.265 e. The quantitative estimate of drug-likeness (QED) is 0.912. The van der Waals surface area contributed by atoms with Crippen molar-refractivity contribution in [2.24, 2.45) is 0 Å². The molecule has 2 N–H and O–H groups in total. The fourth-order valence-electron chi connectivity index (χ4n) is 1.46. The Morgan fingerprint density at radius 2 is 2.28 bits per heavy atom. The molecule has 1 aromatic carbocycles. The van der Waals surface area contributed by atoms with E-state index in [1.54, 1.807) is 12.1 Å². The zero-order valence-corrected chi connectivity index (χ0v) is 11.2. The van der Waals surface area contributed by atoms with Crippen molar-refractivity contribution in [3.05, 3.63) is 39.2 Å². The van der Waals surface area contributed by atoms with E-state index >= 15 is 0 Å². The normalized spacial score (nSPS) is 10.3. The fraction of sp³-hybridized carbons (Fsp3) is 0.167. The predicted octanol–water partition coefficient (Wildman–Crippen LogP) is 2.30. The van der Waals surface area contributed by atoms with Gasteiger partial charge in [-0.15, -0.1) is 0 Å². The van der Waals surface area contributed by atoms with E-state index in [2.05, 4.69) is 25.9 Å². The van der Waals surface area contributed by atoms with E-state index in [9.17, 15) is 9.90 Å². The van der Waals surface area contributed by atoms with Gasteiger partial charge in [0.15, 0.2) is 11.5 Å². The first-order valence-electron chi connectivity index (χ1n) is 5.33. The third-order valence-electron chi connectivity index (χ3n) is 2.29. The topological polar surface area (TPSA) is 75.2 Å². The summed E-state index contributed by atoms with van der Waals surface area (Å²) in [5.41, 5.74) is 0.409. The first kappa shape index (κ1) is 12.6. The molecule has 0 radical (unpaired) electrons. The molecule has 0 amide bonds. The second-order valence-corrected chi connectivity index (χ2v) is 4.38. The highest BCUT2D eigenvalue weighted by molar-refractivity contribution is 9.10. The number of phenolic OH excluding ortho intramolecular Hbond substituents is 1. The summed E-state index contributed by atoms with van der Waals surface area (Å²) in [7, 11) is 0. The molecule has 18 heavy (non-hydrogen) atoms. The summed E-state index contributed by atoms with van der Waals surface area (Å²) in [6.45, 7) is 2.27. The molecule has 0 atom stereocenters. The van der Waals surface area contributed by atoms with Gasteiger partial charge < -0.3 is 14.8 Å². The molecule has 0 aliphatic rings. The number of nitrogens with zero attached hydrogens (tertiary/aromatic N) is 1. The molecular weight excluding hydrogens is 300 g/mol. The van der Waals surface area contributed by atoms with E-state index in [-0.39, 0.29) is 11.3 Å². The summed E-state index contributed by atoms with van der Waals surface area (Å²) in [6.07, 6.45) is 1.43. The summed E-state index contributed by atoms with van der Waals surface area (Å²) in [6, 6.07) is 4.79.